The van der Waals surface area contributed by atoms with Gasteiger partial charge >= 0.3 is 0 Å². The van der Waals surface area contributed by atoms with E-state index in [1.165, 1.54) is 49.0 Å². The zero-order valence-electron chi connectivity index (χ0n) is 12.0. The predicted octanol–water partition coefficient (Wildman–Crippen LogP) is 3.85. The largest absolute Gasteiger partial charge is 0.493 e. The molecule has 1 aromatic carbocycles. The molecule has 0 spiro atoms. The molecule has 104 valence electrons. The van der Waals surface area contributed by atoms with Crippen molar-refractivity contribution in [3.8, 4) is 5.75 Å². The van der Waals surface area contributed by atoms with Crippen LogP contribution in [-0.2, 0) is 6.42 Å². The van der Waals surface area contributed by atoms with Crippen molar-refractivity contribution in [3.63, 3.8) is 0 Å². The topological polar surface area (TPSA) is 21.3 Å². The van der Waals surface area contributed by atoms with E-state index in [-0.39, 0.29) is 0 Å². The Labute approximate surface area is 116 Å². The normalized spacial score (nSPS) is 20.3. The van der Waals surface area contributed by atoms with Crippen LogP contribution < -0.4 is 10.1 Å². The fourth-order valence-electron chi connectivity index (χ4n) is 3.32. The third kappa shape index (κ3) is 2.79. The van der Waals surface area contributed by atoms with Gasteiger partial charge in [0.25, 0.3) is 0 Å². The summed E-state index contributed by atoms with van der Waals surface area (Å²) in [7, 11) is 0. The first-order chi connectivity index (χ1) is 9.38. The van der Waals surface area contributed by atoms with Crippen molar-refractivity contribution >= 4 is 0 Å². The first-order valence-electron chi connectivity index (χ1n) is 7.86. The summed E-state index contributed by atoms with van der Waals surface area (Å²) in [4.78, 5) is 0. The van der Waals surface area contributed by atoms with Crippen molar-refractivity contribution in [2.24, 2.45) is 5.92 Å². The number of rotatable bonds is 5. The molecule has 19 heavy (non-hydrogen) atoms. The Morgan fingerprint density at radius 2 is 2.21 bits per heavy atom. The minimum atomic E-state index is 0.475. The van der Waals surface area contributed by atoms with E-state index >= 15 is 0 Å². The second-order valence-corrected chi connectivity index (χ2v) is 5.93. The van der Waals surface area contributed by atoms with Crippen molar-refractivity contribution in [1.82, 2.24) is 5.32 Å². The highest BCUT2D eigenvalue weighted by Gasteiger charge is 2.26. The Hall–Kier alpha value is -1.02. The van der Waals surface area contributed by atoms with Crippen molar-refractivity contribution < 1.29 is 4.74 Å². The fraction of sp³-hybridized carbons (Fsp3) is 0.647. The van der Waals surface area contributed by atoms with E-state index in [4.69, 9.17) is 4.74 Å². The molecule has 1 unspecified atom stereocenters. The zero-order chi connectivity index (χ0) is 13.1. The van der Waals surface area contributed by atoms with Crippen molar-refractivity contribution in [3.05, 3.63) is 29.3 Å². The van der Waals surface area contributed by atoms with Gasteiger partial charge in [-0.3, -0.25) is 0 Å². The smallest absolute Gasteiger partial charge is 0.127 e. The van der Waals surface area contributed by atoms with Crippen LogP contribution in [0.3, 0.4) is 0 Å². The van der Waals surface area contributed by atoms with Gasteiger partial charge < -0.3 is 10.1 Å². The summed E-state index contributed by atoms with van der Waals surface area (Å²) >= 11 is 0. The van der Waals surface area contributed by atoms with Gasteiger partial charge in [-0.25, -0.2) is 0 Å². The average Bonchev–Trinajstić information content (AvgIpc) is 2.41. The molecule has 1 aliphatic carbocycles. The molecule has 1 aromatic rings. The lowest BCUT2D eigenvalue weighted by Gasteiger charge is -2.32. The monoisotopic (exact) mass is 259 g/mol. The fourth-order valence-corrected chi connectivity index (χ4v) is 3.32. The molecule has 1 aliphatic heterocycles. The second kappa shape index (κ2) is 5.96. The molecular weight excluding hydrogens is 234 g/mol. The summed E-state index contributed by atoms with van der Waals surface area (Å²) in [6, 6.07) is 7.16. The van der Waals surface area contributed by atoms with Gasteiger partial charge in [0, 0.05) is 11.6 Å². The average molecular weight is 259 g/mol. The Morgan fingerprint density at radius 1 is 1.32 bits per heavy atom. The summed E-state index contributed by atoms with van der Waals surface area (Å²) in [6.45, 7) is 4.11. The van der Waals surface area contributed by atoms with Crippen LogP contribution in [0.15, 0.2) is 18.2 Å². The van der Waals surface area contributed by atoms with E-state index in [2.05, 4.69) is 30.4 Å². The Morgan fingerprint density at radius 3 is 2.95 bits per heavy atom. The van der Waals surface area contributed by atoms with E-state index in [9.17, 15) is 0 Å². The molecule has 0 saturated heterocycles. The first kappa shape index (κ1) is 13.0. The number of fused-ring (bicyclic) bond motifs is 1. The van der Waals surface area contributed by atoms with Gasteiger partial charge in [-0.2, -0.15) is 0 Å². The number of hydrogen-bond donors (Lipinski definition) is 1. The lowest BCUT2D eigenvalue weighted by Crippen LogP contribution is -2.27. The number of ether oxygens (including phenoxy) is 1. The van der Waals surface area contributed by atoms with Crippen LogP contribution in [0.25, 0.3) is 0 Å². The molecule has 3 rings (SSSR count). The molecule has 0 aromatic heterocycles. The minimum Gasteiger partial charge on any atom is -0.493 e. The maximum absolute atomic E-state index is 5.98. The number of aryl methyl sites for hydroxylation is 1. The summed E-state index contributed by atoms with van der Waals surface area (Å²) < 4.78 is 5.98. The molecule has 2 heteroatoms. The molecule has 2 nitrogen and oxygen atoms in total. The predicted molar refractivity (Wildman–Crippen MR) is 78.6 cm³/mol. The van der Waals surface area contributed by atoms with Crippen LogP contribution in [0.2, 0.25) is 0 Å². The van der Waals surface area contributed by atoms with E-state index in [0.717, 1.165) is 25.5 Å². The Balaban J connectivity index is 1.83. The lowest BCUT2D eigenvalue weighted by molar-refractivity contribution is 0.250. The van der Waals surface area contributed by atoms with Crippen LogP contribution >= 0.6 is 0 Å². The molecular formula is C17H25NO. The highest BCUT2D eigenvalue weighted by Crippen LogP contribution is 2.39. The molecule has 1 heterocycles. The van der Waals surface area contributed by atoms with E-state index in [1.54, 1.807) is 0 Å². The van der Waals surface area contributed by atoms with Gasteiger partial charge in [0.05, 0.1) is 6.61 Å². The van der Waals surface area contributed by atoms with E-state index < -0.39 is 0 Å². The summed E-state index contributed by atoms with van der Waals surface area (Å²) in [5.41, 5.74) is 2.80. The first-order valence-corrected chi connectivity index (χ1v) is 7.86. The number of para-hydroxylation sites is 1. The molecule has 1 fully saturated rings. The van der Waals surface area contributed by atoms with Gasteiger partial charge in [0.1, 0.15) is 5.75 Å². The summed E-state index contributed by atoms with van der Waals surface area (Å²) in [6.07, 6.45) is 7.85. The molecule has 0 bridgehead atoms. The van der Waals surface area contributed by atoms with Gasteiger partial charge in [0.15, 0.2) is 0 Å². The second-order valence-electron chi connectivity index (χ2n) is 5.93. The Bertz CT molecular complexity index is 425. The van der Waals surface area contributed by atoms with Gasteiger partial charge in [-0.15, -0.1) is 0 Å². The molecule has 0 radical (unpaired) electrons. The van der Waals surface area contributed by atoms with Crippen LogP contribution in [0.4, 0.5) is 0 Å². The number of benzene rings is 1. The van der Waals surface area contributed by atoms with Gasteiger partial charge in [-0.05, 0) is 37.3 Å². The minimum absolute atomic E-state index is 0.475. The van der Waals surface area contributed by atoms with Gasteiger partial charge in [-0.1, -0.05) is 44.4 Å². The van der Waals surface area contributed by atoms with E-state index in [1.807, 2.05) is 0 Å². The Kier molecular flexibility index (Phi) is 4.07. The number of hydrogen-bond acceptors (Lipinski definition) is 2. The SMILES string of the molecule is CCNC(CC1CCC1)c1cccc2c1OCCC2. The molecule has 1 saturated carbocycles. The zero-order valence-corrected chi connectivity index (χ0v) is 12.0. The highest BCUT2D eigenvalue weighted by molar-refractivity contribution is 5.44. The van der Waals surface area contributed by atoms with Crippen molar-refractivity contribution in [2.45, 2.75) is 51.5 Å². The molecule has 1 N–H and O–H groups in total. The summed E-state index contributed by atoms with van der Waals surface area (Å²) in [5.74, 6) is 2.10. The van der Waals surface area contributed by atoms with Crippen LogP contribution in [0.1, 0.15) is 56.2 Å². The van der Waals surface area contributed by atoms with Crippen molar-refractivity contribution in [1.29, 1.82) is 0 Å². The maximum atomic E-state index is 5.98. The third-order valence-corrected chi connectivity index (χ3v) is 4.58. The standard InChI is InChI=1S/C17H25NO/c1-2-18-16(12-13-6-3-7-13)15-10-4-8-14-9-5-11-19-17(14)15/h4,8,10,13,16,18H,2-3,5-7,9,11-12H2,1H3. The third-order valence-electron chi connectivity index (χ3n) is 4.58. The van der Waals surface area contributed by atoms with Crippen LogP contribution in [-0.4, -0.2) is 13.2 Å². The highest BCUT2D eigenvalue weighted by atomic mass is 16.5. The number of nitrogens with one attached hydrogen (secondary N) is 1. The van der Waals surface area contributed by atoms with E-state index in [0.29, 0.717) is 6.04 Å². The molecule has 1 atom stereocenters. The van der Waals surface area contributed by atoms with Crippen LogP contribution in [0.5, 0.6) is 5.75 Å². The van der Waals surface area contributed by atoms with Crippen LogP contribution in [0, 0.1) is 5.92 Å². The molecule has 0 amide bonds. The quantitative estimate of drug-likeness (QED) is 0.867. The maximum Gasteiger partial charge on any atom is 0.127 e. The summed E-state index contributed by atoms with van der Waals surface area (Å²) in [5, 5.41) is 3.67. The van der Waals surface area contributed by atoms with Crippen molar-refractivity contribution in [2.75, 3.05) is 13.2 Å². The van der Waals surface area contributed by atoms with Gasteiger partial charge in [0.2, 0.25) is 0 Å². The lowest BCUT2D eigenvalue weighted by atomic mass is 9.79. The molecule has 2 aliphatic rings.